The van der Waals surface area contributed by atoms with Gasteiger partial charge in [0.1, 0.15) is 0 Å². The molecule has 2 aliphatic rings. The van der Waals surface area contributed by atoms with Crippen molar-refractivity contribution in [1.29, 1.82) is 0 Å². The zero-order chi connectivity index (χ0) is 10.4. The van der Waals surface area contributed by atoms with Gasteiger partial charge in [-0.3, -0.25) is 0 Å². The van der Waals surface area contributed by atoms with E-state index in [0.29, 0.717) is 0 Å². The lowest BCUT2D eigenvalue weighted by Gasteiger charge is -2.40. The SMILES string of the molecule is CC(C)(O)CC1(CN)CC2CCC1C2. The Bertz CT molecular complexity index is 221. The quantitative estimate of drug-likeness (QED) is 0.726. The third-order valence-electron chi connectivity index (χ3n) is 4.29. The third-order valence-corrected chi connectivity index (χ3v) is 4.29. The van der Waals surface area contributed by atoms with Crippen molar-refractivity contribution >= 4 is 0 Å². The summed E-state index contributed by atoms with van der Waals surface area (Å²) in [6.45, 7) is 4.59. The van der Waals surface area contributed by atoms with Crippen LogP contribution in [0.25, 0.3) is 0 Å². The lowest BCUT2D eigenvalue weighted by molar-refractivity contribution is 0.00105. The van der Waals surface area contributed by atoms with E-state index in [1.54, 1.807) is 0 Å². The van der Waals surface area contributed by atoms with Crippen molar-refractivity contribution in [2.75, 3.05) is 6.54 Å². The van der Waals surface area contributed by atoms with Crippen molar-refractivity contribution in [3.63, 3.8) is 0 Å². The van der Waals surface area contributed by atoms with E-state index in [1.165, 1.54) is 25.7 Å². The van der Waals surface area contributed by atoms with Crippen molar-refractivity contribution in [2.24, 2.45) is 23.0 Å². The van der Waals surface area contributed by atoms with Crippen LogP contribution in [0, 0.1) is 17.3 Å². The van der Waals surface area contributed by atoms with E-state index in [0.717, 1.165) is 24.8 Å². The average Bonchev–Trinajstić information content (AvgIpc) is 2.60. The molecule has 0 amide bonds. The van der Waals surface area contributed by atoms with Gasteiger partial charge in [-0.2, -0.15) is 0 Å². The molecule has 2 rings (SSSR count). The summed E-state index contributed by atoms with van der Waals surface area (Å²) >= 11 is 0. The second kappa shape index (κ2) is 3.21. The summed E-state index contributed by atoms with van der Waals surface area (Å²) < 4.78 is 0. The highest BCUT2D eigenvalue weighted by Gasteiger charge is 2.51. The van der Waals surface area contributed by atoms with Gasteiger partial charge in [-0.25, -0.2) is 0 Å². The second-order valence-corrected chi connectivity index (χ2v) is 6.14. The van der Waals surface area contributed by atoms with Crippen LogP contribution in [0.15, 0.2) is 0 Å². The Hall–Kier alpha value is -0.0800. The minimum atomic E-state index is -0.552. The average molecular weight is 197 g/mol. The molecule has 2 heteroatoms. The van der Waals surface area contributed by atoms with Gasteiger partial charge in [0.25, 0.3) is 0 Å². The lowest BCUT2D eigenvalue weighted by atomic mass is 9.67. The molecule has 2 nitrogen and oxygen atoms in total. The van der Waals surface area contributed by atoms with Gasteiger partial charge >= 0.3 is 0 Å². The van der Waals surface area contributed by atoms with Crippen molar-refractivity contribution < 1.29 is 5.11 Å². The monoisotopic (exact) mass is 197 g/mol. The fourth-order valence-electron chi connectivity index (χ4n) is 3.96. The molecule has 0 spiro atoms. The molecule has 0 heterocycles. The molecule has 0 aromatic heterocycles. The maximum absolute atomic E-state index is 9.95. The third kappa shape index (κ3) is 1.70. The fourth-order valence-corrected chi connectivity index (χ4v) is 3.96. The first-order valence-electron chi connectivity index (χ1n) is 5.88. The minimum Gasteiger partial charge on any atom is -0.390 e. The molecule has 0 aromatic rings. The van der Waals surface area contributed by atoms with E-state index in [4.69, 9.17) is 5.73 Å². The first-order chi connectivity index (χ1) is 6.45. The van der Waals surface area contributed by atoms with E-state index in [9.17, 15) is 5.11 Å². The van der Waals surface area contributed by atoms with E-state index in [-0.39, 0.29) is 5.41 Å². The molecule has 0 saturated heterocycles. The Morgan fingerprint density at radius 2 is 2.14 bits per heavy atom. The summed E-state index contributed by atoms with van der Waals surface area (Å²) in [5.41, 5.74) is 5.66. The largest absolute Gasteiger partial charge is 0.390 e. The van der Waals surface area contributed by atoms with Gasteiger partial charge < -0.3 is 10.8 Å². The normalized spacial score (nSPS) is 42.0. The topological polar surface area (TPSA) is 46.2 Å². The van der Waals surface area contributed by atoms with E-state index in [1.807, 2.05) is 13.8 Å². The molecule has 2 aliphatic carbocycles. The van der Waals surface area contributed by atoms with Crippen LogP contribution in [0.4, 0.5) is 0 Å². The van der Waals surface area contributed by atoms with Crippen molar-refractivity contribution in [1.82, 2.24) is 0 Å². The Kier molecular flexibility index (Phi) is 2.39. The van der Waals surface area contributed by atoms with Gasteiger partial charge in [0.15, 0.2) is 0 Å². The number of hydrogen-bond donors (Lipinski definition) is 2. The number of fused-ring (bicyclic) bond motifs is 2. The van der Waals surface area contributed by atoms with Crippen LogP contribution in [-0.2, 0) is 0 Å². The highest BCUT2D eigenvalue weighted by Crippen LogP contribution is 2.58. The summed E-state index contributed by atoms with van der Waals surface area (Å²) in [6.07, 6.45) is 6.26. The van der Waals surface area contributed by atoms with E-state index >= 15 is 0 Å². The number of nitrogens with two attached hydrogens (primary N) is 1. The Labute approximate surface area is 86.9 Å². The van der Waals surface area contributed by atoms with E-state index < -0.39 is 5.60 Å². The predicted molar refractivity (Wildman–Crippen MR) is 57.9 cm³/mol. The lowest BCUT2D eigenvalue weighted by Crippen LogP contribution is -2.41. The minimum absolute atomic E-state index is 0.265. The van der Waals surface area contributed by atoms with Crippen molar-refractivity contribution in [3.05, 3.63) is 0 Å². The predicted octanol–water partition coefficient (Wildman–Crippen LogP) is 1.91. The Morgan fingerprint density at radius 1 is 1.43 bits per heavy atom. The maximum atomic E-state index is 9.95. The zero-order valence-electron chi connectivity index (χ0n) is 9.42. The molecule has 0 aromatic carbocycles. The zero-order valence-corrected chi connectivity index (χ0v) is 9.42. The van der Waals surface area contributed by atoms with Gasteiger partial charge in [0.05, 0.1) is 5.60 Å². The van der Waals surface area contributed by atoms with Gasteiger partial charge in [-0.15, -0.1) is 0 Å². The molecule has 3 atom stereocenters. The summed E-state index contributed by atoms with van der Waals surface area (Å²) in [6, 6.07) is 0. The molecule has 82 valence electrons. The standard InChI is InChI=1S/C12H23NO/c1-11(2,14)7-12(8-13)6-9-3-4-10(12)5-9/h9-10,14H,3-8,13H2,1-2H3. The molecular weight excluding hydrogens is 174 g/mol. The molecule has 0 aliphatic heterocycles. The first-order valence-corrected chi connectivity index (χ1v) is 5.88. The Balaban J connectivity index is 2.11. The van der Waals surface area contributed by atoms with Crippen LogP contribution in [0.3, 0.4) is 0 Å². The molecule has 2 saturated carbocycles. The highest BCUT2D eigenvalue weighted by atomic mass is 16.3. The van der Waals surface area contributed by atoms with Gasteiger partial charge in [0, 0.05) is 0 Å². The summed E-state index contributed by atoms with van der Waals surface area (Å²) in [7, 11) is 0. The fraction of sp³-hybridized carbons (Fsp3) is 1.00. The van der Waals surface area contributed by atoms with Crippen LogP contribution in [0.2, 0.25) is 0 Å². The number of aliphatic hydroxyl groups is 1. The molecule has 14 heavy (non-hydrogen) atoms. The van der Waals surface area contributed by atoms with Crippen LogP contribution >= 0.6 is 0 Å². The second-order valence-electron chi connectivity index (χ2n) is 6.14. The highest BCUT2D eigenvalue weighted by molar-refractivity contribution is 5.02. The van der Waals surface area contributed by atoms with Crippen LogP contribution in [-0.4, -0.2) is 17.3 Å². The molecule has 2 fully saturated rings. The number of hydrogen-bond acceptors (Lipinski definition) is 2. The van der Waals surface area contributed by atoms with Crippen molar-refractivity contribution in [3.8, 4) is 0 Å². The van der Waals surface area contributed by atoms with Gasteiger partial charge in [0.2, 0.25) is 0 Å². The molecule has 0 radical (unpaired) electrons. The van der Waals surface area contributed by atoms with Crippen LogP contribution in [0.1, 0.15) is 46.0 Å². The Morgan fingerprint density at radius 3 is 2.50 bits per heavy atom. The van der Waals surface area contributed by atoms with Gasteiger partial charge in [-0.05, 0) is 63.3 Å². The van der Waals surface area contributed by atoms with E-state index in [2.05, 4.69) is 0 Å². The summed E-state index contributed by atoms with van der Waals surface area (Å²) in [5, 5.41) is 9.95. The van der Waals surface area contributed by atoms with Gasteiger partial charge in [-0.1, -0.05) is 6.42 Å². The maximum Gasteiger partial charge on any atom is 0.0597 e. The molecule has 2 bridgehead atoms. The molecular formula is C12H23NO. The van der Waals surface area contributed by atoms with Crippen molar-refractivity contribution in [2.45, 2.75) is 51.6 Å². The molecule has 3 unspecified atom stereocenters. The number of rotatable bonds is 3. The summed E-state index contributed by atoms with van der Waals surface area (Å²) in [4.78, 5) is 0. The van der Waals surface area contributed by atoms with Crippen LogP contribution < -0.4 is 5.73 Å². The smallest absolute Gasteiger partial charge is 0.0597 e. The first kappa shape index (κ1) is 10.4. The molecule has 3 N–H and O–H groups in total. The summed E-state index contributed by atoms with van der Waals surface area (Å²) in [5.74, 6) is 1.70. The van der Waals surface area contributed by atoms with Crippen LogP contribution in [0.5, 0.6) is 0 Å².